The second-order valence-corrected chi connectivity index (χ2v) is 6.88. The fourth-order valence-electron chi connectivity index (χ4n) is 2.35. The van der Waals surface area contributed by atoms with Crippen molar-refractivity contribution in [1.29, 1.82) is 0 Å². The van der Waals surface area contributed by atoms with Crippen molar-refractivity contribution in [3.63, 3.8) is 0 Å². The van der Waals surface area contributed by atoms with Crippen molar-refractivity contribution in [1.82, 2.24) is 15.0 Å². The molecule has 124 valence electrons. The van der Waals surface area contributed by atoms with Gasteiger partial charge >= 0.3 is 0 Å². The fourth-order valence-corrected chi connectivity index (χ4v) is 2.35. The summed E-state index contributed by atoms with van der Waals surface area (Å²) in [5.41, 5.74) is 3.06. The number of anilines is 1. The van der Waals surface area contributed by atoms with Crippen LogP contribution in [-0.4, -0.2) is 15.0 Å². The Balaban J connectivity index is 1.71. The molecule has 0 spiro atoms. The monoisotopic (exact) mass is 322 g/mol. The number of aromatic nitrogens is 3. The third kappa shape index (κ3) is 3.62. The second-order valence-electron chi connectivity index (χ2n) is 6.88. The van der Waals surface area contributed by atoms with E-state index in [1.54, 1.807) is 12.4 Å². The molecule has 1 aromatic carbocycles. The lowest BCUT2D eigenvalue weighted by molar-refractivity contribution is 0.374. The molecule has 0 aliphatic rings. The topological polar surface area (TPSA) is 63.8 Å². The molecule has 24 heavy (non-hydrogen) atoms. The minimum atomic E-state index is -0.0373. The van der Waals surface area contributed by atoms with Gasteiger partial charge in [0.25, 0.3) is 0 Å². The molecule has 0 amide bonds. The van der Waals surface area contributed by atoms with E-state index in [1.807, 2.05) is 37.4 Å². The van der Waals surface area contributed by atoms with Gasteiger partial charge in [0.05, 0.1) is 6.20 Å². The molecule has 3 rings (SSSR count). The highest BCUT2D eigenvalue weighted by atomic mass is 16.4. The van der Waals surface area contributed by atoms with Crippen LogP contribution in [0.2, 0.25) is 0 Å². The molecule has 0 aliphatic heterocycles. The average molecular weight is 322 g/mol. The first-order valence-electron chi connectivity index (χ1n) is 8.01. The van der Waals surface area contributed by atoms with Gasteiger partial charge < -0.3 is 9.73 Å². The molecule has 5 nitrogen and oxygen atoms in total. The molecule has 0 bridgehead atoms. The van der Waals surface area contributed by atoms with Gasteiger partial charge in [-0.2, -0.15) is 0 Å². The van der Waals surface area contributed by atoms with Gasteiger partial charge in [-0.1, -0.05) is 32.9 Å². The van der Waals surface area contributed by atoms with Crippen LogP contribution in [0.15, 0.2) is 53.6 Å². The van der Waals surface area contributed by atoms with Gasteiger partial charge in [-0.05, 0) is 24.6 Å². The number of benzene rings is 1. The average Bonchev–Trinajstić information content (AvgIpc) is 3.07. The first kappa shape index (κ1) is 16.2. The van der Waals surface area contributed by atoms with Crippen molar-refractivity contribution in [2.24, 2.45) is 0 Å². The highest BCUT2D eigenvalue weighted by molar-refractivity contribution is 5.64. The molecule has 2 aromatic heterocycles. The highest BCUT2D eigenvalue weighted by Crippen LogP contribution is 2.27. The maximum Gasteiger partial charge on any atom is 0.216 e. The van der Waals surface area contributed by atoms with E-state index in [2.05, 4.69) is 41.0 Å². The molecule has 1 N–H and O–H groups in total. The van der Waals surface area contributed by atoms with Crippen LogP contribution in [0, 0.1) is 0 Å². The van der Waals surface area contributed by atoms with Gasteiger partial charge in [0.1, 0.15) is 18.1 Å². The number of oxazole rings is 1. The van der Waals surface area contributed by atoms with Crippen molar-refractivity contribution < 1.29 is 4.42 Å². The molecule has 0 saturated heterocycles. The standard InChI is InChI=1S/C19H22N4O/c1-13(18-22-11-17(24-18)19(2,3)4)23-16-7-5-14(6-8-16)15-9-20-12-21-10-15/h5-13,23H,1-4H3/t13-/m1/s1. The maximum absolute atomic E-state index is 5.88. The van der Waals surface area contributed by atoms with Gasteiger partial charge in [0.15, 0.2) is 0 Å². The maximum atomic E-state index is 5.88. The van der Waals surface area contributed by atoms with E-state index in [1.165, 1.54) is 6.33 Å². The number of nitrogens with one attached hydrogen (secondary N) is 1. The Bertz CT molecular complexity index is 788. The first-order chi connectivity index (χ1) is 11.4. The van der Waals surface area contributed by atoms with E-state index in [0.717, 1.165) is 22.6 Å². The van der Waals surface area contributed by atoms with Crippen molar-refractivity contribution in [3.05, 3.63) is 60.8 Å². The molecule has 0 radical (unpaired) electrons. The van der Waals surface area contributed by atoms with Gasteiger partial charge in [-0.3, -0.25) is 0 Å². The van der Waals surface area contributed by atoms with E-state index < -0.39 is 0 Å². The van der Waals surface area contributed by atoms with Gasteiger partial charge in [-0.25, -0.2) is 15.0 Å². The van der Waals surface area contributed by atoms with Crippen LogP contribution in [0.1, 0.15) is 45.4 Å². The second kappa shape index (κ2) is 6.43. The summed E-state index contributed by atoms with van der Waals surface area (Å²) in [6, 6.07) is 8.15. The van der Waals surface area contributed by atoms with Crippen molar-refractivity contribution in [2.45, 2.75) is 39.2 Å². The Morgan fingerprint density at radius 1 is 0.958 bits per heavy atom. The third-order valence-electron chi connectivity index (χ3n) is 3.80. The SMILES string of the molecule is C[C@@H](Nc1ccc(-c2cncnc2)cc1)c1ncc(C(C)(C)C)o1. The quantitative estimate of drug-likeness (QED) is 0.760. The minimum Gasteiger partial charge on any atom is -0.443 e. The first-order valence-corrected chi connectivity index (χ1v) is 8.01. The zero-order chi connectivity index (χ0) is 17.2. The van der Waals surface area contributed by atoms with E-state index in [-0.39, 0.29) is 11.5 Å². The largest absolute Gasteiger partial charge is 0.443 e. The molecule has 0 aliphatic carbocycles. The van der Waals surface area contributed by atoms with Crippen LogP contribution in [-0.2, 0) is 5.41 Å². The van der Waals surface area contributed by atoms with E-state index in [9.17, 15) is 0 Å². The van der Waals surface area contributed by atoms with Crippen LogP contribution in [0.4, 0.5) is 5.69 Å². The summed E-state index contributed by atoms with van der Waals surface area (Å²) in [5.74, 6) is 1.59. The smallest absolute Gasteiger partial charge is 0.216 e. The number of nitrogens with zero attached hydrogens (tertiary/aromatic N) is 3. The van der Waals surface area contributed by atoms with Crippen molar-refractivity contribution in [2.75, 3.05) is 5.32 Å². The number of rotatable bonds is 4. The van der Waals surface area contributed by atoms with E-state index in [4.69, 9.17) is 4.42 Å². The molecule has 3 aromatic rings. The summed E-state index contributed by atoms with van der Waals surface area (Å²) in [5, 5.41) is 3.41. The molecular weight excluding hydrogens is 300 g/mol. The third-order valence-corrected chi connectivity index (χ3v) is 3.80. The number of hydrogen-bond acceptors (Lipinski definition) is 5. The van der Waals surface area contributed by atoms with Gasteiger partial charge in [0.2, 0.25) is 5.89 Å². The minimum absolute atomic E-state index is 0.00740. The lowest BCUT2D eigenvalue weighted by Crippen LogP contribution is -2.10. The van der Waals surface area contributed by atoms with Crippen LogP contribution < -0.4 is 5.32 Å². The van der Waals surface area contributed by atoms with Crippen LogP contribution in [0.3, 0.4) is 0 Å². The van der Waals surface area contributed by atoms with E-state index in [0.29, 0.717) is 5.89 Å². The Morgan fingerprint density at radius 2 is 1.62 bits per heavy atom. The van der Waals surface area contributed by atoms with Crippen molar-refractivity contribution >= 4 is 5.69 Å². The van der Waals surface area contributed by atoms with Crippen LogP contribution in [0.25, 0.3) is 11.1 Å². The lowest BCUT2D eigenvalue weighted by atomic mass is 9.94. The van der Waals surface area contributed by atoms with Crippen molar-refractivity contribution in [3.8, 4) is 11.1 Å². The molecule has 0 unspecified atom stereocenters. The molecule has 1 atom stereocenters. The Hall–Kier alpha value is -2.69. The highest BCUT2D eigenvalue weighted by Gasteiger charge is 2.21. The molecule has 0 saturated carbocycles. The van der Waals surface area contributed by atoms with Gasteiger partial charge in [-0.15, -0.1) is 0 Å². The normalized spacial score (nSPS) is 12.8. The summed E-state index contributed by atoms with van der Waals surface area (Å²) in [7, 11) is 0. The summed E-state index contributed by atoms with van der Waals surface area (Å²) in [4.78, 5) is 12.5. The molecule has 5 heteroatoms. The molecule has 0 fully saturated rings. The Labute approximate surface area is 142 Å². The van der Waals surface area contributed by atoms with Crippen LogP contribution >= 0.6 is 0 Å². The predicted octanol–water partition coefficient (Wildman–Crippen LogP) is 4.60. The lowest BCUT2D eigenvalue weighted by Gasteiger charge is -2.15. The Kier molecular flexibility index (Phi) is 4.34. The summed E-state index contributed by atoms with van der Waals surface area (Å²) in [6.45, 7) is 8.38. The summed E-state index contributed by atoms with van der Waals surface area (Å²) in [6.07, 6.45) is 6.95. The molecule has 2 heterocycles. The van der Waals surface area contributed by atoms with Crippen LogP contribution in [0.5, 0.6) is 0 Å². The predicted molar refractivity (Wildman–Crippen MR) is 94.7 cm³/mol. The van der Waals surface area contributed by atoms with E-state index >= 15 is 0 Å². The zero-order valence-corrected chi connectivity index (χ0v) is 14.4. The molecular formula is C19H22N4O. The Morgan fingerprint density at radius 3 is 2.21 bits per heavy atom. The summed E-state index contributed by atoms with van der Waals surface area (Å²) >= 11 is 0. The number of hydrogen-bond donors (Lipinski definition) is 1. The summed E-state index contributed by atoms with van der Waals surface area (Å²) < 4.78 is 5.88. The fraction of sp³-hybridized carbons (Fsp3) is 0.316. The zero-order valence-electron chi connectivity index (χ0n) is 14.4. The van der Waals surface area contributed by atoms with Gasteiger partial charge in [0, 0.05) is 29.1 Å².